The Labute approximate surface area is 131 Å². The van der Waals surface area contributed by atoms with E-state index < -0.39 is 6.17 Å². The lowest BCUT2D eigenvalue weighted by molar-refractivity contribution is -0.0756. The van der Waals surface area contributed by atoms with Gasteiger partial charge in [-0.2, -0.15) is 0 Å². The zero-order valence-electron chi connectivity index (χ0n) is 14.3. The van der Waals surface area contributed by atoms with Crippen molar-refractivity contribution in [3.05, 3.63) is 0 Å². The van der Waals surface area contributed by atoms with Crippen LogP contribution in [0, 0.1) is 22.7 Å². The molecule has 0 aromatic heterocycles. The molecule has 4 rings (SSSR count). The highest BCUT2D eigenvalue weighted by molar-refractivity contribution is 5.03. The third-order valence-corrected chi connectivity index (χ3v) is 7.67. The highest BCUT2D eigenvalue weighted by Crippen LogP contribution is 2.63. The number of alkyl halides is 1. The second kappa shape index (κ2) is 6.20. The molecular weight excluding hydrogens is 259 g/mol. The minimum atomic E-state index is -0.498. The molecule has 0 N–H and O–H groups in total. The summed E-state index contributed by atoms with van der Waals surface area (Å²) in [6.07, 6.45) is 16.6. The van der Waals surface area contributed by atoms with E-state index in [0.29, 0.717) is 22.7 Å². The molecule has 4 aliphatic carbocycles. The van der Waals surface area contributed by atoms with Gasteiger partial charge < -0.3 is 0 Å². The molecule has 4 fully saturated rings. The monoisotopic (exact) mass is 294 g/mol. The first-order chi connectivity index (χ1) is 10.1. The molecule has 0 nitrogen and oxygen atoms in total. The lowest BCUT2D eigenvalue weighted by Gasteiger charge is -2.58. The summed E-state index contributed by atoms with van der Waals surface area (Å²) in [5, 5.41) is 0. The smallest absolute Gasteiger partial charge is 0.103 e. The Hall–Kier alpha value is -0.0700. The topological polar surface area (TPSA) is 0 Å². The van der Waals surface area contributed by atoms with Crippen LogP contribution in [0.2, 0.25) is 0 Å². The number of rotatable bonds is 5. The maximum atomic E-state index is 14.6. The van der Waals surface area contributed by atoms with Crippen molar-refractivity contribution in [3.63, 3.8) is 0 Å². The van der Waals surface area contributed by atoms with Crippen molar-refractivity contribution in [2.75, 3.05) is 0 Å². The van der Waals surface area contributed by atoms with Crippen molar-refractivity contribution in [2.45, 2.75) is 103 Å². The van der Waals surface area contributed by atoms with Gasteiger partial charge in [-0.3, -0.25) is 0 Å². The molecule has 0 saturated heterocycles. The summed E-state index contributed by atoms with van der Waals surface area (Å²) in [6, 6.07) is 0. The van der Waals surface area contributed by atoms with Crippen molar-refractivity contribution in [3.8, 4) is 0 Å². The molecule has 21 heavy (non-hydrogen) atoms. The molecule has 0 spiro atoms. The van der Waals surface area contributed by atoms with Gasteiger partial charge in [-0.15, -0.1) is 0 Å². The van der Waals surface area contributed by atoms with Crippen LogP contribution in [-0.4, -0.2) is 6.17 Å². The van der Waals surface area contributed by atoms with Gasteiger partial charge in [0, 0.05) is 0 Å². The second-order valence-corrected chi connectivity index (χ2v) is 8.69. The quantitative estimate of drug-likeness (QED) is 0.530. The van der Waals surface area contributed by atoms with Crippen LogP contribution in [-0.2, 0) is 0 Å². The second-order valence-electron chi connectivity index (χ2n) is 8.69. The van der Waals surface area contributed by atoms with E-state index in [0.717, 1.165) is 19.3 Å². The fraction of sp³-hybridized carbons (Fsp3) is 1.00. The molecule has 0 aromatic rings. The summed E-state index contributed by atoms with van der Waals surface area (Å²) in [5.74, 6) is 1.09. The minimum Gasteiger partial charge on any atom is -0.247 e. The third-order valence-electron chi connectivity index (χ3n) is 7.67. The van der Waals surface area contributed by atoms with Gasteiger partial charge >= 0.3 is 0 Å². The van der Waals surface area contributed by atoms with E-state index >= 15 is 0 Å². The summed E-state index contributed by atoms with van der Waals surface area (Å²) >= 11 is 0. The van der Waals surface area contributed by atoms with Gasteiger partial charge in [-0.05, 0) is 93.3 Å². The molecule has 122 valence electrons. The largest absolute Gasteiger partial charge is 0.247 e. The zero-order chi connectivity index (χ0) is 14.9. The van der Waals surface area contributed by atoms with Crippen LogP contribution in [0.4, 0.5) is 4.39 Å². The minimum absolute atomic E-state index is 0.383. The molecule has 0 radical (unpaired) electrons. The lowest BCUT2D eigenvalue weighted by atomic mass is 9.47. The number of fused-ring (bicyclic) bond motifs is 3. The van der Waals surface area contributed by atoms with Crippen molar-refractivity contribution in [2.24, 2.45) is 22.7 Å². The van der Waals surface area contributed by atoms with Gasteiger partial charge in [0.2, 0.25) is 0 Å². The molecule has 2 bridgehead atoms. The summed E-state index contributed by atoms with van der Waals surface area (Å²) in [6.45, 7) is 4.54. The van der Waals surface area contributed by atoms with Crippen molar-refractivity contribution in [1.82, 2.24) is 0 Å². The third kappa shape index (κ3) is 2.91. The molecule has 0 aromatic carbocycles. The van der Waals surface area contributed by atoms with Crippen molar-refractivity contribution in [1.29, 1.82) is 0 Å². The standard InChI is InChI=1S/C20H35F/c1-3-5-16-6-7-17(15-18(16)21)20-12-9-19(8-4-2,10-13-20)11-14-20/h16-18H,3-15H2,1-2H3/t16-,17?,18-,19?,20?/m0/s1. The number of hydrogen-bond acceptors (Lipinski definition) is 0. The van der Waals surface area contributed by atoms with E-state index in [2.05, 4.69) is 13.8 Å². The summed E-state index contributed by atoms with van der Waals surface area (Å²) < 4.78 is 14.6. The van der Waals surface area contributed by atoms with Gasteiger partial charge in [0.25, 0.3) is 0 Å². The first-order valence-electron chi connectivity index (χ1n) is 9.77. The average Bonchev–Trinajstić information content (AvgIpc) is 2.51. The maximum Gasteiger partial charge on any atom is 0.103 e. The molecular formula is C20H35F. The van der Waals surface area contributed by atoms with Gasteiger partial charge in [-0.25, -0.2) is 4.39 Å². The zero-order valence-corrected chi connectivity index (χ0v) is 14.3. The fourth-order valence-electron chi connectivity index (χ4n) is 6.24. The molecule has 1 unspecified atom stereocenters. The number of hydrogen-bond donors (Lipinski definition) is 0. The van der Waals surface area contributed by atoms with E-state index in [9.17, 15) is 4.39 Å². The SMILES string of the molecule is CCC[C@H]1CCC(C23CCC(CCC)(CC2)CC3)C[C@@H]1F. The van der Waals surface area contributed by atoms with E-state index in [4.69, 9.17) is 0 Å². The van der Waals surface area contributed by atoms with Gasteiger partial charge in [0.05, 0.1) is 0 Å². The molecule has 4 saturated carbocycles. The predicted molar refractivity (Wildman–Crippen MR) is 88.1 cm³/mol. The summed E-state index contributed by atoms with van der Waals surface area (Å²) in [4.78, 5) is 0. The molecule has 0 aliphatic heterocycles. The fourth-order valence-corrected chi connectivity index (χ4v) is 6.24. The van der Waals surface area contributed by atoms with Crippen LogP contribution in [0.25, 0.3) is 0 Å². The molecule has 0 amide bonds. The van der Waals surface area contributed by atoms with E-state index in [1.807, 2.05) is 0 Å². The Balaban J connectivity index is 1.61. The molecule has 4 aliphatic rings. The van der Waals surface area contributed by atoms with E-state index in [-0.39, 0.29) is 0 Å². The highest BCUT2D eigenvalue weighted by atomic mass is 19.1. The van der Waals surface area contributed by atoms with Crippen LogP contribution in [0.5, 0.6) is 0 Å². The van der Waals surface area contributed by atoms with E-state index in [1.54, 1.807) is 0 Å². The van der Waals surface area contributed by atoms with Crippen LogP contribution < -0.4 is 0 Å². The van der Waals surface area contributed by atoms with Gasteiger partial charge in [-0.1, -0.05) is 26.7 Å². The Morgan fingerprint density at radius 1 is 0.905 bits per heavy atom. The van der Waals surface area contributed by atoms with Crippen LogP contribution >= 0.6 is 0 Å². The maximum absolute atomic E-state index is 14.6. The predicted octanol–water partition coefficient (Wildman–Crippen LogP) is 6.68. The summed E-state index contributed by atoms with van der Waals surface area (Å²) in [5.41, 5.74) is 1.25. The van der Waals surface area contributed by atoms with Gasteiger partial charge in [0.1, 0.15) is 6.17 Å². The summed E-state index contributed by atoms with van der Waals surface area (Å²) in [7, 11) is 0. The molecule has 3 atom stereocenters. The Kier molecular flexibility index (Phi) is 4.67. The Bertz CT molecular complexity index is 323. The van der Waals surface area contributed by atoms with E-state index in [1.165, 1.54) is 64.2 Å². The Morgan fingerprint density at radius 3 is 2.10 bits per heavy atom. The first kappa shape index (κ1) is 15.8. The molecule has 1 heteroatoms. The first-order valence-corrected chi connectivity index (χ1v) is 9.77. The molecule has 0 heterocycles. The average molecular weight is 294 g/mol. The normalized spacial score (nSPS) is 46.7. The van der Waals surface area contributed by atoms with Crippen LogP contribution in [0.1, 0.15) is 97.3 Å². The van der Waals surface area contributed by atoms with Crippen molar-refractivity contribution >= 4 is 0 Å². The number of halogens is 1. The van der Waals surface area contributed by atoms with Crippen molar-refractivity contribution < 1.29 is 4.39 Å². The van der Waals surface area contributed by atoms with Crippen LogP contribution in [0.15, 0.2) is 0 Å². The van der Waals surface area contributed by atoms with Gasteiger partial charge in [0.15, 0.2) is 0 Å². The Morgan fingerprint density at radius 2 is 1.57 bits per heavy atom. The highest BCUT2D eigenvalue weighted by Gasteiger charge is 2.52. The lowest BCUT2D eigenvalue weighted by Crippen LogP contribution is -2.47. The van der Waals surface area contributed by atoms with Crippen LogP contribution in [0.3, 0.4) is 0 Å².